The molecule has 1 aromatic rings. The second-order valence-corrected chi connectivity index (χ2v) is 6.18. The molecule has 5 heteroatoms. The maximum absolute atomic E-state index is 8.81. The van der Waals surface area contributed by atoms with Crippen LogP contribution in [-0.2, 0) is 0 Å². The van der Waals surface area contributed by atoms with Crippen molar-refractivity contribution in [2.24, 2.45) is 16.8 Å². The lowest BCUT2D eigenvalue weighted by molar-refractivity contribution is 0.318. The van der Waals surface area contributed by atoms with Crippen LogP contribution in [0.2, 0.25) is 0 Å². The average Bonchev–Trinajstić information content (AvgIpc) is 3.01. The number of anilines is 1. The first-order chi connectivity index (χ1) is 10.1. The fourth-order valence-corrected chi connectivity index (χ4v) is 2.87. The Morgan fingerprint density at radius 3 is 2.76 bits per heavy atom. The zero-order valence-corrected chi connectivity index (χ0v) is 13.0. The molecular formula is C16H26N4O. The van der Waals surface area contributed by atoms with Crippen LogP contribution in [0.4, 0.5) is 5.82 Å². The highest BCUT2D eigenvalue weighted by atomic mass is 16.4. The van der Waals surface area contributed by atoms with Crippen LogP contribution in [-0.4, -0.2) is 28.6 Å². The fourth-order valence-electron chi connectivity index (χ4n) is 2.87. The Bertz CT molecular complexity index is 481. The largest absolute Gasteiger partial charge is 0.409 e. The van der Waals surface area contributed by atoms with E-state index in [0.29, 0.717) is 17.7 Å². The van der Waals surface area contributed by atoms with Gasteiger partial charge >= 0.3 is 0 Å². The maximum Gasteiger partial charge on any atom is 0.188 e. The van der Waals surface area contributed by atoms with Crippen LogP contribution in [0, 0.1) is 5.92 Å². The van der Waals surface area contributed by atoms with Gasteiger partial charge in [0.25, 0.3) is 0 Å². The quantitative estimate of drug-likeness (QED) is 0.365. The molecule has 116 valence electrons. The van der Waals surface area contributed by atoms with Gasteiger partial charge in [0.2, 0.25) is 0 Å². The number of nitrogens with two attached hydrogens (primary N) is 1. The summed E-state index contributed by atoms with van der Waals surface area (Å²) in [7, 11) is 0. The van der Waals surface area contributed by atoms with E-state index in [1.807, 2.05) is 12.1 Å². The molecule has 0 amide bonds. The van der Waals surface area contributed by atoms with E-state index in [1.165, 1.54) is 25.7 Å². The van der Waals surface area contributed by atoms with Crippen LogP contribution in [0.5, 0.6) is 0 Å². The summed E-state index contributed by atoms with van der Waals surface area (Å²) in [5.74, 6) is 1.67. The molecule has 0 aliphatic heterocycles. The Morgan fingerprint density at radius 2 is 2.14 bits per heavy atom. The number of oxime groups is 1. The summed E-state index contributed by atoms with van der Waals surface area (Å²) in [4.78, 5) is 6.98. The van der Waals surface area contributed by atoms with Gasteiger partial charge in [-0.3, -0.25) is 0 Å². The van der Waals surface area contributed by atoms with Crippen LogP contribution in [0.1, 0.15) is 51.6 Å². The lowest BCUT2D eigenvalue weighted by Gasteiger charge is -2.31. The Labute approximate surface area is 126 Å². The number of aromatic nitrogens is 1. The number of amidine groups is 1. The van der Waals surface area contributed by atoms with Gasteiger partial charge in [-0.1, -0.05) is 37.9 Å². The highest BCUT2D eigenvalue weighted by Gasteiger charge is 2.24. The summed E-state index contributed by atoms with van der Waals surface area (Å²) in [5.41, 5.74) is 6.19. The second kappa shape index (κ2) is 7.29. The number of rotatable bonds is 6. The second-order valence-electron chi connectivity index (χ2n) is 6.18. The predicted molar refractivity (Wildman–Crippen MR) is 85.8 cm³/mol. The van der Waals surface area contributed by atoms with Crippen molar-refractivity contribution < 1.29 is 5.21 Å². The van der Waals surface area contributed by atoms with Crippen LogP contribution in [0.15, 0.2) is 23.4 Å². The zero-order valence-electron chi connectivity index (χ0n) is 13.0. The van der Waals surface area contributed by atoms with Crippen molar-refractivity contribution in [2.45, 2.75) is 52.0 Å². The smallest absolute Gasteiger partial charge is 0.188 e. The Hall–Kier alpha value is -1.78. The molecule has 0 radical (unpaired) electrons. The molecule has 2 rings (SSSR count). The zero-order chi connectivity index (χ0) is 15.2. The molecule has 1 aliphatic rings. The van der Waals surface area contributed by atoms with Crippen molar-refractivity contribution in [1.29, 1.82) is 0 Å². The summed E-state index contributed by atoms with van der Waals surface area (Å²) in [6.45, 7) is 5.50. The molecule has 1 fully saturated rings. The summed E-state index contributed by atoms with van der Waals surface area (Å²) in [5, 5.41) is 11.9. The number of nitrogens with zero attached hydrogens (tertiary/aromatic N) is 3. The molecule has 1 heterocycles. The lowest BCUT2D eigenvalue weighted by atomic mass is 10.1. The first-order valence-electron chi connectivity index (χ1n) is 7.83. The normalized spacial score (nSPS) is 16.6. The van der Waals surface area contributed by atoms with Gasteiger partial charge in [0, 0.05) is 12.6 Å². The molecule has 5 nitrogen and oxygen atoms in total. The summed E-state index contributed by atoms with van der Waals surface area (Å²) in [6, 6.07) is 6.28. The molecule has 0 atom stereocenters. The monoisotopic (exact) mass is 290 g/mol. The van der Waals surface area contributed by atoms with Gasteiger partial charge in [-0.05, 0) is 37.3 Å². The van der Waals surface area contributed by atoms with Crippen molar-refractivity contribution in [2.75, 3.05) is 11.4 Å². The van der Waals surface area contributed by atoms with Crippen molar-refractivity contribution in [3.63, 3.8) is 0 Å². The van der Waals surface area contributed by atoms with Gasteiger partial charge in [0.15, 0.2) is 5.84 Å². The lowest BCUT2D eigenvalue weighted by Crippen LogP contribution is -2.35. The molecule has 0 saturated heterocycles. The highest BCUT2D eigenvalue weighted by Crippen LogP contribution is 2.28. The number of pyridine rings is 1. The van der Waals surface area contributed by atoms with E-state index in [2.05, 4.69) is 28.9 Å². The average molecular weight is 290 g/mol. The van der Waals surface area contributed by atoms with E-state index in [0.717, 1.165) is 18.8 Å². The molecule has 0 unspecified atom stereocenters. The first-order valence-corrected chi connectivity index (χ1v) is 7.83. The molecule has 1 saturated carbocycles. The van der Waals surface area contributed by atoms with Gasteiger partial charge in [-0.25, -0.2) is 4.98 Å². The third-order valence-electron chi connectivity index (χ3n) is 4.11. The Balaban J connectivity index is 2.22. The standard InChI is InChI=1S/C16H26N4O/c1-12(2)10-11-20(13-6-3-4-7-13)15-9-5-8-14(18-15)16(17)19-21/h5,8-9,12-13,21H,3-4,6-7,10-11H2,1-2H3,(H2,17,19). The Morgan fingerprint density at radius 1 is 1.43 bits per heavy atom. The van der Waals surface area contributed by atoms with Crippen molar-refractivity contribution in [3.05, 3.63) is 23.9 Å². The number of hydrogen-bond donors (Lipinski definition) is 2. The van der Waals surface area contributed by atoms with Gasteiger partial charge in [0.05, 0.1) is 0 Å². The van der Waals surface area contributed by atoms with E-state index < -0.39 is 0 Å². The van der Waals surface area contributed by atoms with Gasteiger partial charge < -0.3 is 15.8 Å². The van der Waals surface area contributed by atoms with Crippen molar-refractivity contribution in [1.82, 2.24) is 4.98 Å². The van der Waals surface area contributed by atoms with Gasteiger partial charge in [0.1, 0.15) is 11.5 Å². The van der Waals surface area contributed by atoms with Crippen molar-refractivity contribution in [3.8, 4) is 0 Å². The minimum atomic E-state index is 0.0621. The van der Waals surface area contributed by atoms with E-state index >= 15 is 0 Å². The molecule has 0 bridgehead atoms. The SMILES string of the molecule is CC(C)CCN(c1cccc(/C(N)=N/O)n1)C1CCCC1. The maximum atomic E-state index is 8.81. The van der Waals surface area contributed by atoms with Crippen LogP contribution < -0.4 is 10.6 Å². The minimum Gasteiger partial charge on any atom is -0.409 e. The topological polar surface area (TPSA) is 74.7 Å². The first kappa shape index (κ1) is 15.6. The highest BCUT2D eigenvalue weighted by molar-refractivity contribution is 5.95. The molecule has 21 heavy (non-hydrogen) atoms. The van der Waals surface area contributed by atoms with E-state index in [1.54, 1.807) is 6.07 Å². The van der Waals surface area contributed by atoms with Gasteiger partial charge in [-0.2, -0.15) is 0 Å². The van der Waals surface area contributed by atoms with E-state index in [4.69, 9.17) is 10.9 Å². The van der Waals surface area contributed by atoms with Crippen molar-refractivity contribution >= 4 is 11.7 Å². The van der Waals surface area contributed by atoms with Gasteiger partial charge in [-0.15, -0.1) is 0 Å². The molecule has 0 spiro atoms. The van der Waals surface area contributed by atoms with Crippen LogP contribution in [0.3, 0.4) is 0 Å². The molecular weight excluding hydrogens is 264 g/mol. The van der Waals surface area contributed by atoms with E-state index in [9.17, 15) is 0 Å². The molecule has 0 aromatic carbocycles. The molecule has 1 aromatic heterocycles. The third kappa shape index (κ3) is 4.09. The minimum absolute atomic E-state index is 0.0621. The van der Waals surface area contributed by atoms with Crippen LogP contribution >= 0.6 is 0 Å². The molecule has 1 aliphatic carbocycles. The van der Waals surface area contributed by atoms with E-state index in [-0.39, 0.29) is 5.84 Å². The summed E-state index contributed by atoms with van der Waals surface area (Å²) in [6.07, 6.45) is 6.19. The van der Waals surface area contributed by atoms with Crippen LogP contribution in [0.25, 0.3) is 0 Å². The summed E-state index contributed by atoms with van der Waals surface area (Å²) < 4.78 is 0. The summed E-state index contributed by atoms with van der Waals surface area (Å²) >= 11 is 0. The third-order valence-corrected chi connectivity index (χ3v) is 4.11. The number of hydrogen-bond acceptors (Lipinski definition) is 4. The Kier molecular flexibility index (Phi) is 5.42. The predicted octanol–water partition coefficient (Wildman–Crippen LogP) is 2.97. The molecule has 3 N–H and O–H groups in total. The fraction of sp³-hybridized carbons (Fsp3) is 0.625.